The molecule has 0 spiro atoms. The van der Waals surface area contributed by atoms with E-state index in [9.17, 15) is 9.90 Å². The van der Waals surface area contributed by atoms with Gasteiger partial charge in [0.05, 0.1) is 6.04 Å². The second-order valence-electron chi connectivity index (χ2n) is 7.43. The fourth-order valence-electron chi connectivity index (χ4n) is 4.77. The maximum atomic E-state index is 12.3. The number of rotatable bonds is 9. The van der Waals surface area contributed by atoms with Crippen molar-refractivity contribution in [1.29, 1.82) is 0 Å². The molecule has 144 valence electrons. The van der Waals surface area contributed by atoms with Gasteiger partial charge in [0.1, 0.15) is 6.79 Å². The standard InChI is InChI=1S/C20H28INO4/c1-25-13-26-10-4-7-18(16-5-2-3-6-17(16)21)22(20(23)24)19-12-14-8-9-15(19)11-14/h2-3,5-6,14-15,18-19H,4,7-13H2,1H3,(H,23,24)/t14?,15?,18-,19?/m0/s1. The highest BCUT2D eigenvalue weighted by Crippen LogP contribution is 2.49. The van der Waals surface area contributed by atoms with Gasteiger partial charge in [-0.1, -0.05) is 24.6 Å². The second kappa shape index (κ2) is 9.37. The number of ether oxygens (including phenoxy) is 2. The summed E-state index contributed by atoms with van der Waals surface area (Å²) in [5.41, 5.74) is 1.12. The maximum absolute atomic E-state index is 12.3. The Morgan fingerprint density at radius 3 is 2.77 bits per heavy atom. The van der Waals surface area contributed by atoms with Gasteiger partial charge in [-0.2, -0.15) is 0 Å². The molecule has 2 bridgehead atoms. The van der Waals surface area contributed by atoms with Crippen LogP contribution < -0.4 is 0 Å². The van der Waals surface area contributed by atoms with Gasteiger partial charge in [-0.3, -0.25) is 4.90 Å². The van der Waals surface area contributed by atoms with E-state index in [1.54, 1.807) is 12.0 Å². The Morgan fingerprint density at radius 2 is 2.15 bits per heavy atom. The number of benzene rings is 1. The Hall–Kier alpha value is -0.860. The first-order valence-corrected chi connectivity index (χ1v) is 10.5. The zero-order valence-electron chi connectivity index (χ0n) is 15.3. The minimum absolute atomic E-state index is 0.115. The van der Waals surface area contributed by atoms with Gasteiger partial charge < -0.3 is 14.6 Å². The van der Waals surface area contributed by atoms with Crippen LogP contribution in [0.3, 0.4) is 0 Å². The van der Waals surface area contributed by atoms with E-state index in [4.69, 9.17) is 9.47 Å². The summed E-state index contributed by atoms with van der Waals surface area (Å²) < 4.78 is 11.5. The van der Waals surface area contributed by atoms with E-state index in [1.165, 1.54) is 19.3 Å². The van der Waals surface area contributed by atoms with Crippen molar-refractivity contribution in [3.8, 4) is 0 Å². The molecule has 2 aliphatic rings. The van der Waals surface area contributed by atoms with Crippen molar-refractivity contribution in [1.82, 2.24) is 4.90 Å². The molecule has 3 unspecified atom stereocenters. The Labute approximate surface area is 169 Å². The van der Waals surface area contributed by atoms with Gasteiger partial charge in [-0.05, 0) is 78.2 Å². The van der Waals surface area contributed by atoms with Gasteiger partial charge >= 0.3 is 6.09 Å². The zero-order chi connectivity index (χ0) is 18.5. The van der Waals surface area contributed by atoms with E-state index in [1.807, 2.05) is 12.1 Å². The van der Waals surface area contributed by atoms with E-state index >= 15 is 0 Å². The molecule has 0 radical (unpaired) electrons. The van der Waals surface area contributed by atoms with E-state index in [2.05, 4.69) is 34.7 Å². The first-order valence-electron chi connectivity index (χ1n) is 9.44. The number of hydrogen-bond donors (Lipinski definition) is 1. The van der Waals surface area contributed by atoms with Crippen molar-refractivity contribution < 1.29 is 19.4 Å². The lowest BCUT2D eigenvalue weighted by Gasteiger charge is -2.39. The fraction of sp³-hybridized carbons (Fsp3) is 0.650. The van der Waals surface area contributed by atoms with Crippen molar-refractivity contribution in [2.45, 2.75) is 50.6 Å². The van der Waals surface area contributed by atoms with Crippen LogP contribution in [0, 0.1) is 15.4 Å². The highest BCUT2D eigenvalue weighted by molar-refractivity contribution is 14.1. The summed E-state index contributed by atoms with van der Waals surface area (Å²) in [6, 6.07) is 8.19. The van der Waals surface area contributed by atoms with Gasteiger partial charge in [0, 0.05) is 23.3 Å². The molecule has 5 nitrogen and oxygen atoms in total. The summed E-state index contributed by atoms with van der Waals surface area (Å²) in [4.78, 5) is 14.1. The molecule has 0 saturated heterocycles. The summed E-state index contributed by atoms with van der Waals surface area (Å²) in [5.74, 6) is 1.25. The number of nitrogens with zero attached hydrogens (tertiary/aromatic N) is 1. The van der Waals surface area contributed by atoms with Gasteiger partial charge in [0.25, 0.3) is 0 Å². The van der Waals surface area contributed by atoms with Crippen molar-refractivity contribution in [2.24, 2.45) is 11.8 Å². The number of methoxy groups -OCH3 is 1. The molecule has 1 aromatic carbocycles. The summed E-state index contributed by atoms with van der Waals surface area (Å²) in [5, 5.41) is 10.1. The van der Waals surface area contributed by atoms with Crippen LogP contribution in [-0.2, 0) is 9.47 Å². The SMILES string of the molecule is COCOCCC[C@@H](c1ccccc1I)N(C(=O)O)C1CC2CCC1C2. The van der Waals surface area contributed by atoms with Crippen LogP contribution in [0.5, 0.6) is 0 Å². The Bertz CT molecular complexity index is 611. The second-order valence-corrected chi connectivity index (χ2v) is 8.59. The topological polar surface area (TPSA) is 59.0 Å². The Morgan fingerprint density at radius 1 is 1.35 bits per heavy atom. The third kappa shape index (κ3) is 4.51. The number of fused-ring (bicyclic) bond motifs is 2. The quantitative estimate of drug-likeness (QED) is 0.315. The van der Waals surface area contributed by atoms with Crippen LogP contribution in [0.4, 0.5) is 4.79 Å². The first-order chi connectivity index (χ1) is 12.6. The van der Waals surface area contributed by atoms with Crippen LogP contribution in [0.2, 0.25) is 0 Å². The molecule has 3 rings (SSSR count). The predicted molar refractivity (Wildman–Crippen MR) is 108 cm³/mol. The summed E-state index contributed by atoms with van der Waals surface area (Å²) >= 11 is 2.32. The lowest BCUT2D eigenvalue weighted by Crippen LogP contribution is -2.45. The van der Waals surface area contributed by atoms with Crippen LogP contribution in [0.25, 0.3) is 0 Å². The average Bonchev–Trinajstić information content (AvgIpc) is 3.24. The Balaban J connectivity index is 1.80. The molecular formula is C20H28INO4. The lowest BCUT2D eigenvalue weighted by atomic mass is 9.90. The third-order valence-electron chi connectivity index (χ3n) is 5.85. The maximum Gasteiger partial charge on any atom is 0.408 e. The molecule has 26 heavy (non-hydrogen) atoms. The van der Waals surface area contributed by atoms with Crippen LogP contribution in [0.15, 0.2) is 24.3 Å². The van der Waals surface area contributed by atoms with Crippen molar-refractivity contribution in [3.05, 3.63) is 33.4 Å². The zero-order valence-corrected chi connectivity index (χ0v) is 17.4. The van der Waals surface area contributed by atoms with Crippen molar-refractivity contribution in [3.63, 3.8) is 0 Å². The van der Waals surface area contributed by atoms with E-state index < -0.39 is 6.09 Å². The molecule has 1 aromatic rings. The highest BCUT2D eigenvalue weighted by Gasteiger charge is 2.46. The molecule has 2 aliphatic carbocycles. The number of hydrogen-bond acceptors (Lipinski definition) is 3. The summed E-state index contributed by atoms with van der Waals surface area (Å²) in [6.45, 7) is 0.862. The molecule has 0 aromatic heterocycles. The molecule has 0 heterocycles. The minimum atomic E-state index is -0.787. The van der Waals surface area contributed by atoms with Gasteiger partial charge in [0.2, 0.25) is 0 Å². The predicted octanol–water partition coefficient (Wildman–Crippen LogP) is 4.90. The minimum Gasteiger partial charge on any atom is -0.465 e. The fourth-order valence-corrected chi connectivity index (χ4v) is 5.52. The van der Waals surface area contributed by atoms with Crippen molar-refractivity contribution >= 4 is 28.7 Å². The van der Waals surface area contributed by atoms with Crippen molar-refractivity contribution in [2.75, 3.05) is 20.5 Å². The molecule has 2 saturated carbocycles. The third-order valence-corrected chi connectivity index (χ3v) is 6.83. The summed E-state index contributed by atoms with van der Waals surface area (Å²) in [7, 11) is 1.61. The van der Waals surface area contributed by atoms with Gasteiger partial charge in [-0.25, -0.2) is 4.79 Å². The molecule has 4 atom stereocenters. The lowest BCUT2D eigenvalue weighted by molar-refractivity contribution is -0.0334. The number of halogens is 1. The van der Waals surface area contributed by atoms with Gasteiger partial charge in [-0.15, -0.1) is 0 Å². The highest BCUT2D eigenvalue weighted by atomic mass is 127. The summed E-state index contributed by atoms with van der Waals surface area (Å²) in [6.07, 6.45) is 5.46. The number of amides is 1. The molecule has 1 amide bonds. The van der Waals surface area contributed by atoms with E-state index in [-0.39, 0.29) is 18.9 Å². The first kappa shape index (κ1) is 19.9. The largest absolute Gasteiger partial charge is 0.465 e. The monoisotopic (exact) mass is 473 g/mol. The molecule has 2 fully saturated rings. The Kier molecular flexibility index (Phi) is 7.17. The van der Waals surface area contributed by atoms with Gasteiger partial charge in [0.15, 0.2) is 0 Å². The number of carboxylic acid groups (broad SMARTS) is 1. The smallest absolute Gasteiger partial charge is 0.408 e. The normalized spacial score (nSPS) is 25.4. The van der Waals surface area contributed by atoms with Crippen LogP contribution in [0.1, 0.15) is 50.1 Å². The average molecular weight is 473 g/mol. The molecule has 1 N–H and O–H groups in total. The van der Waals surface area contributed by atoms with Crippen LogP contribution in [-0.4, -0.2) is 42.7 Å². The molecular weight excluding hydrogens is 445 g/mol. The van der Waals surface area contributed by atoms with E-state index in [0.29, 0.717) is 18.4 Å². The number of carbonyl (C=O) groups is 1. The molecule has 0 aliphatic heterocycles. The van der Waals surface area contributed by atoms with Crippen LogP contribution >= 0.6 is 22.6 Å². The molecule has 6 heteroatoms. The van der Waals surface area contributed by atoms with E-state index in [0.717, 1.165) is 28.4 Å².